The van der Waals surface area contributed by atoms with Crippen LogP contribution >= 0.6 is 23.2 Å². The van der Waals surface area contributed by atoms with E-state index in [0.29, 0.717) is 22.6 Å². The Labute approximate surface area is 117 Å². The van der Waals surface area contributed by atoms with Gasteiger partial charge in [-0.2, -0.15) is 0 Å². The van der Waals surface area contributed by atoms with E-state index in [2.05, 4.69) is 10.6 Å². The van der Waals surface area contributed by atoms with Crippen molar-refractivity contribution < 1.29 is 4.79 Å². The normalized spacial score (nSPS) is 16.4. The standard InChI is InChI=1S/C13H16Cl2N2O/c1-8(13(18)17-11-4-5-11)16-7-9-2-3-10(14)6-12(9)15/h2-3,6,8,11,16H,4-5,7H2,1H3,(H,17,18). The summed E-state index contributed by atoms with van der Waals surface area (Å²) in [5.74, 6) is 0.0441. The molecule has 1 fully saturated rings. The lowest BCUT2D eigenvalue weighted by molar-refractivity contribution is -0.122. The van der Waals surface area contributed by atoms with E-state index >= 15 is 0 Å². The first kappa shape index (κ1) is 13.7. The van der Waals surface area contributed by atoms with E-state index in [9.17, 15) is 4.79 Å². The number of nitrogens with one attached hydrogen (secondary N) is 2. The third-order valence-corrected chi connectivity index (χ3v) is 3.52. The van der Waals surface area contributed by atoms with Gasteiger partial charge in [-0.25, -0.2) is 0 Å². The first-order valence-electron chi connectivity index (χ1n) is 6.04. The molecule has 1 amide bonds. The van der Waals surface area contributed by atoms with Crippen LogP contribution in [-0.4, -0.2) is 18.0 Å². The molecule has 0 aromatic heterocycles. The molecular formula is C13H16Cl2N2O. The van der Waals surface area contributed by atoms with Gasteiger partial charge in [0.15, 0.2) is 0 Å². The van der Waals surface area contributed by atoms with E-state index in [-0.39, 0.29) is 11.9 Å². The van der Waals surface area contributed by atoms with E-state index in [4.69, 9.17) is 23.2 Å². The van der Waals surface area contributed by atoms with E-state index in [1.165, 1.54) is 0 Å². The predicted octanol–water partition coefficient (Wildman–Crippen LogP) is 2.75. The summed E-state index contributed by atoms with van der Waals surface area (Å²) in [6, 6.07) is 5.52. The molecular weight excluding hydrogens is 271 g/mol. The number of amides is 1. The highest BCUT2D eigenvalue weighted by molar-refractivity contribution is 6.35. The van der Waals surface area contributed by atoms with Crippen molar-refractivity contribution in [3.05, 3.63) is 33.8 Å². The van der Waals surface area contributed by atoms with Gasteiger partial charge in [-0.1, -0.05) is 29.3 Å². The third kappa shape index (κ3) is 3.87. The van der Waals surface area contributed by atoms with Gasteiger partial charge in [0, 0.05) is 22.6 Å². The molecule has 1 aliphatic rings. The van der Waals surface area contributed by atoms with Gasteiger partial charge in [-0.3, -0.25) is 4.79 Å². The summed E-state index contributed by atoms with van der Waals surface area (Å²) in [5, 5.41) is 7.34. The summed E-state index contributed by atoms with van der Waals surface area (Å²) in [6.07, 6.45) is 2.20. The maximum atomic E-state index is 11.7. The topological polar surface area (TPSA) is 41.1 Å². The second-order valence-corrected chi connectivity index (χ2v) is 5.46. The van der Waals surface area contributed by atoms with Crippen LogP contribution in [0.25, 0.3) is 0 Å². The third-order valence-electron chi connectivity index (χ3n) is 2.93. The van der Waals surface area contributed by atoms with Crippen LogP contribution in [0.5, 0.6) is 0 Å². The van der Waals surface area contributed by atoms with Gasteiger partial charge in [0.05, 0.1) is 6.04 Å². The van der Waals surface area contributed by atoms with Crippen LogP contribution in [0, 0.1) is 0 Å². The highest BCUT2D eigenvalue weighted by Gasteiger charge is 2.25. The Kier molecular flexibility index (Phi) is 4.49. The monoisotopic (exact) mass is 286 g/mol. The van der Waals surface area contributed by atoms with Gasteiger partial charge in [0.25, 0.3) is 0 Å². The lowest BCUT2D eigenvalue weighted by Gasteiger charge is -2.14. The van der Waals surface area contributed by atoms with Gasteiger partial charge in [0.2, 0.25) is 5.91 Å². The molecule has 98 valence electrons. The number of benzene rings is 1. The highest BCUT2D eigenvalue weighted by Crippen LogP contribution is 2.21. The zero-order valence-electron chi connectivity index (χ0n) is 10.2. The van der Waals surface area contributed by atoms with Crippen molar-refractivity contribution >= 4 is 29.1 Å². The average molecular weight is 287 g/mol. The number of hydrogen-bond donors (Lipinski definition) is 2. The maximum absolute atomic E-state index is 11.7. The van der Waals surface area contributed by atoms with Crippen LogP contribution in [0.1, 0.15) is 25.3 Å². The number of carbonyl (C=O) groups excluding carboxylic acids is 1. The molecule has 1 unspecified atom stereocenters. The van der Waals surface area contributed by atoms with Gasteiger partial charge in [-0.05, 0) is 37.5 Å². The molecule has 1 atom stereocenters. The van der Waals surface area contributed by atoms with Crippen LogP contribution in [0.2, 0.25) is 10.0 Å². The summed E-state index contributed by atoms with van der Waals surface area (Å²) in [5.41, 5.74) is 0.937. The minimum atomic E-state index is -0.225. The molecule has 1 aromatic carbocycles. The molecule has 1 aliphatic carbocycles. The van der Waals surface area contributed by atoms with Crippen molar-refractivity contribution in [1.82, 2.24) is 10.6 Å². The van der Waals surface area contributed by atoms with Gasteiger partial charge >= 0.3 is 0 Å². The quantitative estimate of drug-likeness (QED) is 0.874. The van der Waals surface area contributed by atoms with Crippen LogP contribution in [0.3, 0.4) is 0 Å². The second kappa shape index (κ2) is 5.91. The largest absolute Gasteiger partial charge is 0.352 e. The fraction of sp³-hybridized carbons (Fsp3) is 0.462. The van der Waals surface area contributed by atoms with E-state index in [0.717, 1.165) is 18.4 Å². The van der Waals surface area contributed by atoms with Crippen LogP contribution in [0.4, 0.5) is 0 Å². The number of hydrogen-bond acceptors (Lipinski definition) is 2. The summed E-state index contributed by atoms with van der Waals surface area (Å²) in [6.45, 7) is 2.40. The van der Waals surface area contributed by atoms with E-state index < -0.39 is 0 Å². The molecule has 0 bridgehead atoms. The van der Waals surface area contributed by atoms with E-state index in [1.54, 1.807) is 12.1 Å². The highest BCUT2D eigenvalue weighted by atomic mass is 35.5. The average Bonchev–Trinajstić information content (AvgIpc) is 3.11. The minimum Gasteiger partial charge on any atom is -0.352 e. The molecule has 0 radical (unpaired) electrons. The molecule has 0 heterocycles. The van der Waals surface area contributed by atoms with Crippen molar-refractivity contribution in [2.45, 2.75) is 38.4 Å². The zero-order chi connectivity index (χ0) is 13.1. The Morgan fingerprint density at radius 1 is 1.44 bits per heavy atom. The number of halogens is 2. The SMILES string of the molecule is CC(NCc1ccc(Cl)cc1Cl)C(=O)NC1CC1. The Balaban J connectivity index is 1.84. The van der Waals surface area contributed by atoms with Gasteiger partial charge < -0.3 is 10.6 Å². The van der Waals surface area contributed by atoms with Crippen LogP contribution in [-0.2, 0) is 11.3 Å². The Hall–Kier alpha value is -0.770. The molecule has 1 saturated carbocycles. The Morgan fingerprint density at radius 3 is 2.78 bits per heavy atom. The molecule has 18 heavy (non-hydrogen) atoms. The Morgan fingerprint density at radius 2 is 2.17 bits per heavy atom. The van der Waals surface area contributed by atoms with Gasteiger partial charge in [0.1, 0.15) is 0 Å². The predicted molar refractivity (Wildman–Crippen MR) is 73.9 cm³/mol. The molecule has 5 heteroatoms. The van der Waals surface area contributed by atoms with Crippen molar-refractivity contribution in [3.8, 4) is 0 Å². The summed E-state index contributed by atoms with van der Waals surface area (Å²) in [7, 11) is 0. The lowest BCUT2D eigenvalue weighted by Crippen LogP contribution is -2.42. The summed E-state index contributed by atoms with van der Waals surface area (Å²) < 4.78 is 0. The smallest absolute Gasteiger partial charge is 0.237 e. The van der Waals surface area contributed by atoms with Gasteiger partial charge in [-0.15, -0.1) is 0 Å². The van der Waals surface area contributed by atoms with Crippen molar-refractivity contribution in [1.29, 1.82) is 0 Å². The minimum absolute atomic E-state index is 0.0441. The molecule has 3 nitrogen and oxygen atoms in total. The lowest BCUT2D eigenvalue weighted by atomic mass is 10.2. The molecule has 2 rings (SSSR count). The van der Waals surface area contributed by atoms with Crippen LogP contribution in [0.15, 0.2) is 18.2 Å². The van der Waals surface area contributed by atoms with Crippen molar-refractivity contribution in [2.24, 2.45) is 0 Å². The van der Waals surface area contributed by atoms with Crippen molar-refractivity contribution in [2.75, 3.05) is 0 Å². The molecule has 2 N–H and O–H groups in total. The second-order valence-electron chi connectivity index (χ2n) is 4.62. The molecule has 0 spiro atoms. The first-order chi connectivity index (χ1) is 8.56. The zero-order valence-corrected chi connectivity index (χ0v) is 11.7. The summed E-state index contributed by atoms with van der Waals surface area (Å²) in [4.78, 5) is 11.7. The van der Waals surface area contributed by atoms with Crippen LogP contribution < -0.4 is 10.6 Å². The van der Waals surface area contributed by atoms with Crippen molar-refractivity contribution in [3.63, 3.8) is 0 Å². The fourth-order valence-corrected chi connectivity index (χ4v) is 2.05. The molecule has 1 aromatic rings. The maximum Gasteiger partial charge on any atom is 0.237 e. The number of carbonyl (C=O) groups is 1. The van der Waals surface area contributed by atoms with E-state index in [1.807, 2.05) is 13.0 Å². The first-order valence-corrected chi connectivity index (χ1v) is 6.79. The fourth-order valence-electron chi connectivity index (χ4n) is 1.57. The molecule has 0 saturated heterocycles. The number of rotatable bonds is 5. The molecule has 0 aliphatic heterocycles. The summed E-state index contributed by atoms with van der Waals surface area (Å²) >= 11 is 11.9. The Bertz CT molecular complexity index is 447.